The van der Waals surface area contributed by atoms with Gasteiger partial charge in [-0.3, -0.25) is 57.7 Å². The van der Waals surface area contributed by atoms with E-state index >= 15 is 0 Å². The molecule has 1 saturated heterocycles. The van der Waals surface area contributed by atoms with Crippen molar-refractivity contribution in [3.63, 3.8) is 0 Å². The van der Waals surface area contributed by atoms with Crippen LogP contribution in [0.1, 0.15) is 92.2 Å². The van der Waals surface area contributed by atoms with Crippen LogP contribution in [0.5, 0.6) is 0 Å². The molecule has 10 amide bonds. The van der Waals surface area contributed by atoms with Crippen LogP contribution in [-0.2, 0) is 64.0 Å². The third-order valence-corrected chi connectivity index (χ3v) is 13.7. The molecule has 11 atom stereocenters. The topological polar surface area (TPSA) is 516 Å². The van der Waals surface area contributed by atoms with Gasteiger partial charge >= 0.3 is 11.9 Å². The number of hydrogen-bond donors (Lipinski definition) is 19. The van der Waals surface area contributed by atoms with Crippen molar-refractivity contribution in [1.82, 2.24) is 62.7 Å². The van der Waals surface area contributed by atoms with E-state index < -0.39 is 163 Å². The number of aliphatic carboxylic acids is 2. The lowest BCUT2D eigenvalue weighted by molar-refractivity contribution is -0.142. The number of carbonyl (C=O) groups excluding carboxylic acids is 10. The Labute approximate surface area is 496 Å². The summed E-state index contributed by atoms with van der Waals surface area (Å²) < 4.78 is 0. The number of aliphatic hydroxyl groups excluding tert-OH is 2. The van der Waals surface area contributed by atoms with Crippen LogP contribution in [0.15, 0.2) is 17.5 Å². The zero-order valence-electron chi connectivity index (χ0n) is 47.8. The number of aromatic amines is 1. The lowest BCUT2D eigenvalue weighted by atomic mass is 9.99. The maximum Gasteiger partial charge on any atom is 0.327 e. The van der Waals surface area contributed by atoms with Crippen molar-refractivity contribution < 1.29 is 78.0 Å². The molecule has 472 valence electrons. The fraction of sp³-hybridized carbons (Fsp3) is 0.680. The van der Waals surface area contributed by atoms with Crippen molar-refractivity contribution >= 4 is 102 Å². The van der Waals surface area contributed by atoms with E-state index in [4.69, 9.17) is 17.2 Å². The molecule has 0 aliphatic carbocycles. The fourth-order valence-corrected chi connectivity index (χ4v) is 8.91. The lowest BCUT2D eigenvalue weighted by Crippen LogP contribution is -2.62. The number of carboxylic acid groups (broad SMARTS) is 2. The molecule has 0 saturated carbocycles. The van der Waals surface area contributed by atoms with Crippen LogP contribution < -0.4 is 65.1 Å². The zero-order chi connectivity index (χ0) is 63.5. The van der Waals surface area contributed by atoms with Gasteiger partial charge in [-0.1, -0.05) is 41.5 Å². The van der Waals surface area contributed by atoms with E-state index in [1.807, 2.05) is 13.8 Å². The number of aromatic nitrogens is 2. The summed E-state index contributed by atoms with van der Waals surface area (Å²) in [5, 5.41) is 61.3. The van der Waals surface area contributed by atoms with E-state index in [0.717, 1.165) is 0 Å². The number of likely N-dealkylation sites (tertiary alicyclic amines) is 1. The Morgan fingerprint density at radius 1 is 0.655 bits per heavy atom. The van der Waals surface area contributed by atoms with Gasteiger partial charge in [0.1, 0.15) is 60.4 Å². The maximum atomic E-state index is 14.2. The van der Waals surface area contributed by atoms with Gasteiger partial charge < -0.3 is 95.4 Å². The Kier molecular flexibility index (Phi) is 31.6. The third-order valence-electron chi connectivity index (χ3n) is 12.9. The number of nitrogens with one attached hydrogen (secondary N) is 10. The molecule has 1 aliphatic heterocycles. The largest absolute Gasteiger partial charge is 0.481 e. The number of carbonyl (C=O) groups is 12. The van der Waals surface area contributed by atoms with E-state index in [9.17, 15) is 78.0 Å². The van der Waals surface area contributed by atoms with Crippen molar-refractivity contribution in [2.24, 2.45) is 39.9 Å². The molecule has 0 bridgehead atoms. The summed E-state index contributed by atoms with van der Waals surface area (Å²) in [6, 6.07) is -16.1. The second kappa shape index (κ2) is 36.4. The highest BCUT2D eigenvalue weighted by Crippen LogP contribution is 2.20. The standard InChI is InChI=1S/C50H84N16O16S2/c1-23(2)13-29(58-44(76)34(19-68)63-47(79)38(25(5)6)65-43(75)30(14-24(3)4)61-46(78)36-10-8-12-66(36)48(80)27(51)20-83)40(72)57-28(9-7-11-55-50(52)53)39(71)60-32(16-37(69)70)42(74)59-31(15-26-17-54-22-56-26)41(73)62-33(18-67)45(77)64-35(21-84)49(81)82/h17,22-25,27-36,38,67-68,83-84H,7-16,18-21,51H2,1-6H3,(H,54,56)(H,57,72)(H,58,76)(H,59,74)(H,60,71)(H,61,78)(H,62,73)(H,63,79)(H,64,77)(H,65,75)(H,69,70)(H,81,82)(H4,52,53,55)/t27-,28-,29-,30-,31-,32-,33-,34-,35-,36-,38-/m0/s1. The van der Waals surface area contributed by atoms with Crippen molar-refractivity contribution in [1.29, 1.82) is 0 Å². The molecule has 2 heterocycles. The zero-order valence-corrected chi connectivity index (χ0v) is 49.6. The Balaban J connectivity index is 2.40. The monoisotopic (exact) mass is 1230 g/mol. The molecular weight excluding hydrogens is 1140 g/mol. The van der Waals surface area contributed by atoms with E-state index in [-0.39, 0.29) is 80.2 Å². The maximum absolute atomic E-state index is 14.2. The third kappa shape index (κ3) is 24.5. The normalized spacial score (nSPS) is 16.6. The summed E-state index contributed by atoms with van der Waals surface area (Å²) >= 11 is 7.96. The first-order valence-electron chi connectivity index (χ1n) is 27.2. The quantitative estimate of drug-likeness (QED) is 0.0128. The van der Waals surface area contributed by atoms with Gasteiger partial charge in [0.2, 0.25) is 59.1 Å². The first kappa shape index (κ1) is 72.8. The molecule has 32 nitrogen and oxygen atoms in total. The van der Waals surface area contributed by atoms with E-state index in [0.29, 0.717) is 12.8 Å². The smallest absolute Gasteiger partial charge is 0.327 e. The summed E-state index contributed by atoms with van der Waals surface area (Å²) in [6.07, 6.45) is 1.60. The predicted molar refractivity (Wildman–Crippen MR) is 308 cm³/mol. The van der Waals surface area contributed by atoms with Crippen LogP contribution in [0.25, 0.3) is 0 Å². The van der Waals surface area contributed by atoms with Crippen molar-refractivity contribution in [2.75, 3.05) is 37.8 Å². The van der Waals surface area contributed by atoms with Crippen LogP contribution in [-0.4, -0.2) is 217 Å². The number of guanidine groups is 1. The highest BCUT2D eigenvalue weighted by molar-refractivity contribution is 7.80. The molecule has 20 N–H and O–H groups in total. The molecule has 0 spiro atoms. The number of nitrogens with two attached hydrogens (primary N) is 3. The number of carboxylic acids is 2. The number of aliphatic imine (C=N–C) groups is 1. The number of H-pyrrole nitrogens is 1. The number of nitrogens with zero attached hydrogens (tertiary/aromatic N) is 3. The Morgan fingerprint density at radius 2 is 1.13 bits per heavy atom. The summed E-state index contributed by atoms with van der Waals surface area (Å²) in [6.45, 7) is 8.31. The molecule has 84 heavy (non-hydrogen) atoms. The summed E-state index contributed by atoms with van der Waals surface area (Å²) in [5.74, 6) is -14.3. The first-order chi connectivity index (χ1) is 39.5. The minimum atomic E-state index is -1.98. The Morgan fingerprint density at radius 3 is 1.63 bits per heavy atom. The number of hydrogen-bond acceptors (Lipinski definition) is 19. The average Bonchev–Trinajstić information content (AvgIpc) is 4.35. The van der Waals surface area contributed by atoms with Gasteiger partial charge in [0.15, 0.2) is 5.96 Å². The molecule has 1 fully saturated rings. The van der Waals surface area contributed by atoms with Gasteiger partial charge in [-0.05, 0) is 56.3 Å². The van der Waals surface area contributed by atoms with E-state index in [1.165, 1.54) is 17.4 Å². The van der Waals surface area contributed by atoms with Crippen molar-refractivity contribution in [2.45, 2.75) is 159 Å². The SMILES string of the molecule is CC(C)C[C@H](NC(=O)[C@H](CO)NC(=O)[C@@H](NC(=O)[C@H](CC(C)C)NC(=O)[C@@H]1CCCN1C(=O)[C@@H](N)CS)C(C)C)C(=O)N[C@@H](CCCN=C(N)N)C(=O)N[C@@H](CC(=O)O)C(=O)N[C@@H](Cc1cnc[nH]1)C(=O)N[C@@H](CO)C(=O)N[C@@H](CS)C(=O)O. The molecule has 1 aliphatic rings. The number of rotatable bonds is 37. The Bertz CT molecular complexity index is 2450. The fourth-order valence-electron chi connectivity index (χ4n) is 8.51. The van der Waals surface area contributed by atoms with Gasteiger partial charge in [0, 0.05) is 42.9 Å². The summed E-state index contributed by atoms with van der Waals surface area (Å²) in [4.78, 5) is 173. The first-order valence-corrected chi connectivity index (χ1v) is 28.4. The van der Waals surface area contributed by atoms with Crippen LogP contribution >= 0.6 is 25.3 Å². The predicted octanol–water partition coefficient (Wildman–Crippen LogP) is -6.16. The van der Waals surface area contributed by atoms with E-state index in [2.05, 4.69) is 88.1 Å². The van der Waals surface area contributed by atoms with Crippen molar-refractivity contribution in [3.8, 4) is 0 Å². The minimum Gasteiger partial charge on any atom is -0.481 e. The highest BCUT2D eigenvalue weighted by atomic mass is 32.1. The number of aliphatic hydroxyl groups is 2. The molecule has 0 aromatic carbocycles. The van der Waals surface area contributed by atoms with E-state index in [1.54, 1.807) is 27.7 Å². The average molecular weight is 1230 g/mol. The van der Waals surface area contributed by atoms with Gasteiger partial charge in [0.05, 0.1) is 32.0 Å². The molecule has 2 rings (SSSR count). The van der Waals surface area contributed by atoms with Crippen LogP contribution in [0, 0.1) is 17.8 Å². The number of imidazole rings is 1. The highest BCUT2D eigenvalue weighted by Gasteiger charge is 2.40. The number of thiol groups is 2. The summed E-state index contributed by atoms with van der Waals surface area (Å²) in [5.41, 5.74) is 17.1. The minimum absolute atomic E-state index is 0.0106. The molecule has 0 unspecified atom stereocenters. The second-order valence-electron chi connectivity index (χ2n) is 21.2. The van der Waals surface area contributed by atoms with Crippen LogP contribution in [0.2, 0.25) is 0 Å². The van der Waals surface area contributed by atoms with Crippen LogP contribution in [0.4, 0.5) is 0 Å². The van der Waals surface area contributed by atoms with Crippen LogP contribution in [0.3, 0.4) is 0 Å². The lowest BCUT2D eigenvalue weighted by Gasteiger charge is -2.30. The van der Waals surface area contributed by atoms with Gasteiger partial charge in [0.25, 0.3) is 0 Å². The molecule has 34 heteroatoms. The molecule has 1 aromatic heterocycles. The summed E-state index contributed by atoms with van der Waals surface area (Å²) in [7, 11) is 0. The van der Waals surface area contributed by atoms with Crippen molar-refractivity contribution in [3.05, 3.63) is 18.2 Å². The van der Waals surface area contributed by atoms with Gasteiger partial charge in [-0.15, -0.1) is 0 Å². The Hall–Kier alpha value is -7.30. The van der Waals surface area contributed by atoms with Gasteiger partial charge in [-0.2, -0.15) is 25.3 Å². The molecule has 0 radical (unpaired) electrons. The molecular formula is C50H84N16O16S2. The molecule has 1 aromatic rings. The second-order valence-corrected chi connectivity index (χ2v) is 21.9. The van der Waals surface area contributed by atoms with Gasteiger partial charge in [-0.25, -0.2) is 9.78 Å². The number of amides is 10.